The van der Waals surface area contributed by atoms with Crippen molar-refractivity contribution in [2.24, 2.45) is 0 Å². The second-order valence-electron chi connectivity index (χ2n) is 6.95. The van der Waals surface area contributed by atoms with E-state index in [0.717, 1.165) is 11.1 Å². The monoisotopic (exact) mass is 440 g/mol. The predicted octanol–water partition coefficient (Wildman–Crippen LogP) is 6.06. The number of carbonyl (C=O) groups is 2. The molecule has 1 atom stereocenters. The number of hydrogen-bond acceptors (Lipinski definition) is 2. The molecule has 0 aromatic heterocycles. The molecule has 0 spiro atoms. The fourth-order valence-electron chi connectivity index (χ4n) is 3.06. The van der Waals surface area contributed by atoms with Crippen molar-refractivity contribution >= 4 is 40.7 Å². The topological polar surface area (TPSA) is 58.2 Å². The summed E-state index contributed by atoms with van der Waals surface area (Å²) in [5.41, 5.74) is 2.83. The van der Waals surface area contributed by atoms with E-state index in [1.54, 1.807) is 36.4 Å². The second kappa shape index (κ2) is 10.3. The number of benzene rings is 3. The van der Waals surface area contributed by atoms with Crippen LogP contribution in [0.5, 0.6) is 0 Å². The van der Waals surface area contributed by atoms with Crippen molar-refractivity contribution in [2.75, 3.05) is 5.32 Å². The maximum atomic E-state index is 12.8. The van der Waals surface area contributed by atoms with E-state index in [4.69, 9.17) is 23.2 Å². The largest absolute Gasteiger partial charge is 0.345 e. The molecule has 6 heteroatoms. The molecule has 0 bridgehead atoms. The van der Waals surface area contributed by atoms with Crippen LogP contribution in [-0.4, -0.2) is 11.8 Å². The summed E-state index contributed by atoms with van der Waals surface area (Å²) in [5.74, 6) is -0.427. The number of carbonyl (C=O) groups excluding carboxylic acids is 2. The van der Waals surface area contributed by atoms with Crippen LogP contribution in [0.1, 0.15) is 40.9 Å². The molecule has 30 heavy (non-hydrogen) atoms. The molecule has 0 saturated heterocycles. The summed E-state index contributed by atoms with van der Waals surface area (Å²) in [5, 5.41) is 6.76. The summed E-state index contributed by atoms with van der Waals surface area (Å²) >= 11 is 11.9. The maximum Gasteiger partial charge on any atom is 0.253 e. The van der Waals surface area contributed by atoms with Crippen LogP contribution in [0.25, 0.3) is 0 Å². The van der Waals surface area contributed by atoms with E-state index >= 15 is 0 Å². The average molecular weight is 441 g/mol. The lowest BCUT2D eigenvalue weighted by Gasteiger charge is -2.16. The number of hydrogen-bond donors (Lipinski definition) is 2. The zero-order valence-corrected chi connectivity index (χ0v) is 18.0. The van der Waals surface area contributed by atoms with Gasteiger partial charge in [0, 0.05) is 6.42 Å². The predicted molar refractivity (Wildman–Crippen MR) is 122 cm³/mol. The number of amides is 2. The highest BCUT2D eigenvalue weighted by atomic mass is 35.5. The molecular weight excluding hydrogens is 419 g/mol. The van der Waals surface area contributed by atoms with E-state index in [1.807, 2.05) is 43.3 Å². The summed E-state index contributed by atoms with van der Waals surface area (Å²) < 4.78 is 0. The third kappa shape index (κ3) is 5.85. The molecule has 4 nitrogen and oxygen atoms in total. The molecule has 3 aromatic rings. The van der Waals surface area contributed by atoms with Crippen molar-refractivity contribution in [3.05, 3.63) is 99.5 Å². The van der Waals surface area contributed by atoms with Gasteiger partial charge in [-0.3, -0.25) is 9.59 Å². The summed E-state index contributed by atoms with van der Waals surface area (Å²) in [4.78, 5) is 25.2. The van der Waals surface area contributed by atoms with Crippen LogP contribution in [0.4, 0.5) is 5.69 Å². The highest BCUT2D eigenvalue weighted by Crippen LogP contribution is 2.23. The highest BCUT2D eigenvalue weighted by molar-refractivity contribution is 6.42. The number of aryl methyl sites for hydroxylation is 1. The number of para-hydroxylation sites is 1. The Kier molecular flexibility index (Phi) is 7.50. The van der Waals surface area contributed by atoms with E-state index < -0.39 is 0 Å². The van der Waals surface area contributed by atoms with E-state index in [-0.39, 0.29) is 24.3 Å². The molecule has 0 unspecified atom stereocenters. The number of nitrogens with one attached hydrogen (secondary N) is 2. The minimum absolute atomic E-state index is 0.155. The first-order valence-corrected chi connectivity index (χ1v) is 10.4. The first-order chi connectivity index (χ1) is 14.4. The SMILES string of the molecule is C[C@H](NC(=O)c1ccccc1NC(=O)CCc1ccc(Cl)c(Cl)c1)c1ccccc1. The van der Waals surface area contributed by atoms with Gasteiger partial charge in [-0.15, -0.1) is 0 Å². The van der Waals surface area contributed by atoms with Gasteiger partial charge in [0.15, 0.2) is 0 Å². The van der Waals surface area contributed by atoms with Gasteiger partial charge in [0.05, 0.1) is 27.3 Å². The van der Waals surface area contributed by atoms with E-state index in [2.05, 4.69) is 10.6 Å². The quantitative estimate of drug-likeness (QED) is 0.469. The van der Waals surface area contributed by atoms with Crippen molar-refractivity contribution < 1.29 is 9.59 Å². The first-order valence-electron chi connectivity index (χ1n) is 9.62. The summed E-state index contributed by atoms with van der Waals surface area (Å²) in [7, 11) is 0. The van der Waals surface area contributed by atoms with Gasteiger partial charge in [-0.25, -0.2) is 0 Å². The Balaban J connectivity index is 1.63. The van der Waals surface area contributed by atoms with Gasteiger partial charge in [0.25, 0.3) is 5.91 Å². The molecular formula is C24H22Cl2N2O2. The van der Waals surface area contributed by atoms with Crippen molar-refractivity contribution in [3.63, 3.8) is 0 Å². The standard InChI is InChI=1S/C24H22Cl2N2O2/c1-16(18-7-3-2-4-8-18)27-24(30)19-9-5-6-10-22(19)28-23(29)14-12-17-11-13-20(25)21(26)15-17/h2-11,13,15-16H,12,14H2,1H3,(H,27,30)(H,28,29)/t16-/m0/s1. The normalized spacial score (nSPS) is 11.6. The van der Waals surface area contributed by atoms with Crippen molar-refractivity contribution in [1.29, 1.82) is 0 Å². The molecule has 3 rings (SSSR count). The molecule has 0 fully saturated rings. The third-order valence-electron chi connectivity index (χ3n) is 4.72. The molecule has 0 saturated carbocycles. The molecule has 2 N–H and O–H groups in total. The van der Waals surface area contributed by atoms with Crippen LogP contribution in [0.3, 0.4) is 0 Å². The van der Waals surface area contributed by atoms with Crippen LogP contribution < -0.4 is 10.6 Å². The molecule has 0 aliphatic rings. The first kappa shape index (κ1) is 21.9. The van der Waals surface area contributed by atoms with Gasteiger partial charge >= 0.3 is 0 Å². The summed E-state index contributed by atoms with van der Waals surface area (Å²) in [6, 6.07) is 21.8. The zero-order valence-electron chi connectivity index (χ0n) is 16.5. The highest BCUT2D eigenvalue weighted by Gasteiger charge is 2.16. The Labute approximate surface area is 186 Å². The fraction of sp³-hybridized carbons (Fsp3) is 0.167. The van der Waals surface area contributed by atoms with Crippen LogP contribution in [0, 0.1) is 0 Å². The summed E-state index contributed by atoms with van der Waals surface area (Å²) in [6.07, 6.45) is 0.774. The van der Waals surface area contributed by atoms with Gasteiger partial charge in [0.1, 0.15) is 0 Å². The Morgan fingerprint density at radius 2 is 1.60 bits per heavy atom. The minimum Gasteiger partial charge on any atom is -0.345 e. The minimum atomic E-state index is -0.244. The molecule has 3 aromatic carbocycles. The van der Waals surface area contributed by atoms with Gasteiger partial charge in [-0.05, 0) is 48.7 Å². The summed E-state index contributed by atoms with van der Waals surface area (Å²) in [6.45, 7) is 1.92. The van der Waals surface area contributed by atoms with Crippen molar-refractivity contribution in [3.8, 4) is 0 Å². The van der Waals surface area contributed by atoms with Crippen LogP contribution in [0.15, 0.2) is 72.8 Å². The second-order valence-corrected chi connectivity index (χ2v) is 7.76. The lowest BCUT2D eigenvalue weighted by molar-refractivity contribution is -0.116. The van der Waals surface area contributed by atoms with Crippen molar-refractivity contribution in [2.45, 2.75) is 25.8 Å². The molecule has 0 aliphatic heterocycles. The lowest BCUT2D eigenvalue weighted by atomic mass is 10.1. The van der Waals surface area contributed by atoms with Crippen LogP contribution >= 0.6 is 23.2 Å². The number of anilines is 1. The third-order valence-corrected chi connectivity index (χ3v) is 5.46. The van der Waals surface area contributed by atoms with E-state index in [9.17, 15) is 9.59 Å². The molecule has 0 heterocycles. The van der Waals surface area contributed by atoms with Crippen LogP contribution in [-0.2, 0) is 11.2 Å². The smallest absolute Gasteiger partial charge is 0.253 e. The zero-order chi connectivity index (χ0) is 21.5. The maximum absolute atomic E-state index is 12.8. The lowest BCUT2D eigenvalue weighted by Crippen LogP contribution is -2.28. The Morgan fingerprint density at radius 1 is 0.900 bits per heavy atom. The average Bonchev–Trinajstić information content (AvgIpc) is 2.75. The van der Waals surface area contributed by atoms with Gasteiger partial charge < -0.3 is 10.6 Å². The molecule has 0 aliphatic carbocycles. The Morgan fingerprint density at radius 3 is 2.33 bits per heavy atom. The fourth-order valence-corrected chi connectivity index (χ4v) is 3.38. The Bertz CT molecular complexity index is 1040. The molecule has 2 amide bonds. The van der Waals surface area contributed by atoms with Crippen molar-refractivity contribution in [1.82, 2.24) is 5.32 Å². The van der Waals surface area contributed by atoms with Crippen LogP contribution in [0.2, 0.25) is 10.0 Å². The number of rotatable bonds is 7. The van der Waals surface area contributed by atoms with Gasteiger partial charge in [-0.1, -0.05) is 71.7 Å². The van der Waals surface area contributed by atoms with E-state index in [0.29, 0.717) is 27.7 Å². The number of halogens is 2. The molecule has 154 valence electrons. The van der Waals surface area contributed by atoms with E-state index in [1.165, 1.54) is 0 Å². The molecule has 0 radical (unpaired) electrons. The Hall–Kier alpha value is -2.82. The van der Waals surface area contributed by atoms with Gasteiger partial charge in [-0.2, -0.15) is 0 Å². The van der Waals surface area contributed by atoms with Gasteiger partial charge in [0.2, 0.25) is 5.91 Å².